The minimum atomic E-state index is -4.14. The first-order valence-electron chi connectivity index (χ1n) is 4.19. The van der Waals surface area contributed by atoms with Crippen LogP contribution in [0.2, 0.25) is 0 Å². The summed E-state index contributed by atoms with van der Waals surface area (Å²) in [5.74, 6) is -0.253. The molecule has 0 amide bonds. The van der Waals surface area contributed by atoms with Crippen molar-refractivity contribution < 1.29 is 47.6 Å². The molecule has 0 aliphatic heterocycles. The predicted molar refractivity (Wildman–Crippen MR) is 51.0 cm³/mol. The number of aromatic hydroxyl groups is 1. The average Bonchev–Trinajstić information content (AvgIpc) is 2.06. The van der Waals surface area contributed by atoms with E-state index in [-0.39, 0.29) is 47.5 Å². The molecule has 0 aromatic heterocycles. The van der Waals surface area contributed by atoms with Gasteiger partial charge in [-0.05, 0) is 24.5 Å². The maximum Gasteiger partial charge on any atom is 1.00 e. The van der Waals surface area contributed by atoms with Crippen LogP contribution in [0.4, 0.5) is 0 Å². The first kappa shape index (κ1) is 14.9. The van der Waals surface area contributed by atoms with Crippen LogP contribution in [0, 0.1) is 0 Å². The summed E-state index contributed by atoms with van der Waals surface area (Å²) in [5.41, 5.74) is 0.663. The van der Waals surface area contributed by atoms with Crippen LogP contribution in [0.5, 0.6) is 5.75 Å². The summed E-state index contributed by atoms with van der Waals surface area (Å²) in [5, 5.41) is 9.31. The third-order valence-electron chi connectivity index (χ3n) is 1.83. The standard InChI is InChI=1S/C9H12O4S.Na/c10-9-6-2-1-4-8(9)5-3-7-14(11,12)13;/h1-2,4,6,10H,3,5,7H2,(H,11,12,13);/q;+1/p-1. The zero-order chi connectivity index (χ0) is 10.6. The van der Waals surface area contributed by atoms with Gasteiger partial charge in [-0.1, -0.05) is 18.2 Å². The first-order chi connectivity index (χ1) is 6.49. The number of benzene rings is 1. The van der Waals surface area contributed by atoms with Crippen molar-refractivity contribution in [3.8, 4) is 5.75 Å². The summed E-state index contributed by atoms with van der Waals surface area (Å²) in [6.07, 6.45) is 0.636. The second kappa shape index (κ2) is 6.50. The molecule has 1 N–H and O–H groups in total. The molecule has 0 heterocycles. The van der Waals surface area contributed by atoms with Crippen LogP contribution in [-0.2, 0) is 16.5 Å². The second-order valence-electron chi connectivity index (χ2n) is 2.99. The molecule has 0 saturated carbocycles. The first-order valence-corrected chi connectivity index (χ1v) is 5.77. The van der Waals surface area contributed by atoms with Crippen LogP contribution in [-0.4, -0.2) is 23.8 Å². The fourth-order valence-corrected chi connectivity index (χ4v) is 1.66. The van der Waals surface area contributed by atoms with Crippen molar-refractivity contribution in [3.63, 3.8) is 0 Å². The maximum atomic E-state index is 10.3. The molecule has 78 valence electrons. The van der Waals surface area contributed by atoms with Gasteiger partial charge < -0.3 is 9.66 Å². The maximum absolute atomic E-state index is 10.3. The van der Waals surface area contributed by atoms with Gasteiger partial charge >= 0.3 is 29.6 Å². The summed E-state index contributed by atoms with van der Waals surface area (Å²) < 4.78 is 30.9. The number of aryl methyl sites for hydroxylation is 1. The van der Waals surface area contributed by atoms with Crippen LogP contribution in [0.15, 0.2) is 24.3 Å². The summed E-state index contributed by atoms with van der Waals surface area (Å²) in [4.78, 5) is 0. The summed E-state index contributed by atoms with van der Waals surface area (Å²) in [7, 11) is -4.14. The van der Waals surface area contributed by atoms with E-state index in [4.69, 9.17) is 0 Å². The van der Waals surface area contributed by atoms with E-state index in [0.717, 1.165) is 0 Å². The molecule has 1 rings (SSSR count). The van der Waals surface area contributed by atoms with Crippen molar-refractivity contribution >= 4 is 10.1 Å². The minimum Gasteiger partial charge on any atom is -0.748 e. The zero-order valence-electron chi connectivity index (χ0n) is 8.51. The molecule has 1 aromatic rings. The van der Waals surface area contributed by atoms with E-state index in [2.05, 4.69) is 0 Å². The molecular weight excluding hydrogens is 227 g/mol. The van der Waals surface area contributed by atoms with Crippen molar-refractivity contribution in [2.45, 2.75) is 12.8 Å². The molecule has 1 aromatic carbocycles. The molecule has 0 spiro atoms. The second-order valence-corrected chi connectivity index (χ2v) is 4.52. The Morgan fingerprint density at radius 3 is 2.40 bits per heavy atom. The Hall–Kier alpha value is -0.0700. The number of phenols is 1. The summed E-state index contributed by atoms with van der Waals surface area (Å²) in [6.45, 7) is 0. The van der Waals surface area contributed by atoms with Gasteiger partial charge in [0.25, 0.3) is 0 Å². The number of hydrogen-bond donors (Lipinski definition) is 1. The van der Waals surface area contributed by atoms with Crippen LogP contribution in [0.1, 0.15) is 12.0 Å². The molecular formula is C9H11NaO4S. The SMILES string of the molecule is O=S(=O)([O-])CCCc1ccccc1O.[Na+]. The van der Waals surface area contributed by atoms with Crippen LogP contribution >= 0.6 is 0 Å². The number of phenolic OH excluding ortho intramolecular Hbond substituents is 1. The van der Waals surface area contributed by atoms with E-state index in [1.807, 2.05) is 0 Å². The van der Waals surface area contributed by atoms with Gasteiger partial charge in [0.05, 0.1) is 10.1 Å². The summed E-state index contributed by atoms with van der Waals surface area (Å²) >= 11 is 0. The Morgan fingerprint density at radius 1 is 1.27 bits per heavy atom. The van der Waals surface area contributed by atoms with Gasteiger partial charge in [-0.15, -0.1) is 0 Å². The Bertz CT molecular complexity index is 402. The van der Waals surface area contributed by atoms with Crippen LogP contribution in [0.25, 0.3) is 0 Å². The quantitative estimate of drug-likeness (QED) is 0.480. The molecule has 0 aliphatic carbocycles. The van der Waals surface area contributed by atoms with E-state index < -0.39 is 10.1 Å². The molecule has 0 atom stereocenters. The third kappa shape index (κ3) is 6.17. The van der Waals surface area contributed by atoms with Gasteiger partial charge in [0.15, 0.2) is 0 Å². The normalized spacial score (nSPS) is 10.7. The molecule has 0 aliphatic rings. The molecule has 0 bridgehead atoms. The number of para-hydroxylation sites is 1. The fraction of sp³-hybridized carbons (Fsp3) is 0.333. The Balaban J connectivity index is 0.00000196. The van der Waals surface area contributed by atoms with Gasteiger partial charge in [-0.25, -0.2) is 8.42 Å². The van der Waals surface area contributed by atoms with E-state index in [1.54, 1.807) is 18.2 Å². The van der Waals surface area contributed by atoms with Crippen molar-refractivity contribution in [3.05, 3.63) is 29.8 Å². The fourth-order valence-electron chi connectivity index (χ4n) is 1.16. The summed E-state index contributed by atoms with van der Waals surface area (Å²) in [6, 6.07) is 6.66. The Labute approximate surface area is 111 Å². The number of hydrogen-bond acceptors (Lipinski definition) is 4. The van der Waals surface area contributed by atoms with Gasteiger partial charge in [-0.3, -0.25) is 0 Å². The molecule has 0 unspecified atom stereocenters. The van der Waals surface area contributed by atoms with Crippen LogP contribution in [0.3, 0.4) is 0 Å². The van der Waals surface area contributed by atoms with Crippen molar-refractivity contribution in [1.29, 1.82) is 0 Å². The molecule has 4 nitrogen and oxygen atoms in total. The van der Waals surface area contributed by atoms with Crippen molar-refractivity contribution in [1.82, 2.24) is 0 Å². The molecule has 0 fully saturated rings. The molecule has 0 saturated heterocycles. The van der Waals surface area contributed by atoms with Crippen molar-refractivity contribution in [2.75, 3.05) is 5.75 Å². The third-order valence-corrected chi connectivity index (χ3v) is 2.62. The molecule has 15 heavy (non-hydrogen) atoms. The van der Waals surface area contributed by atoms with Gasteiger partial charge in [0.2, 0.25) is 0 Å². The average molecular weight is 238 g/mol. The monoisotopic (exact) mass is 238 g/mol. The predicted octanol–water partition coefficient (Wildman–Crippen LogP) is -2.13. The zero-order valence-corrected chi connectivity index (χ0v) is 11.3. The Morgan fingerprint density at radius 2 is 1.87 bits per heavy atom. The largest absolute Gasteiger partial charge is 1.00 e. The van der Waals surface area contributed by atoms with E-state index in [1.165, 1.54) is 6.07 Å². The van der Waals surface area contributed by atoms with Crippen molar-refractivity contribution in [2.24, 2.45) is 0 Å². The molecule has 6 heteroatoms. The van der Waals surface area contributed by atoms with E-state index in [0.29, 0.717) is 12.0 Å². The van der Waals surface area contributed by atoms with Gasteiger partial charge in [0.1, 0.15) is 5.75 Å². The minimum absolute atomic E-state index is 0. The van der Waals surface area contributed by atoms with E-state index in [9.17, 15) is 18.1 Å². The van der Waals surface area contributed by atoms with Gasteiger partial charge in [-0.2, -0.15) is 0 Å². The number of rotatable bonds is 4. The van der Waals surface area contributed by atoms with Gasteiger partial charge in [0, 0.05) is 5.75 Å². The molecule has 0 radical (unpaired) electrons. The van der Waals surface area contributed by atoms with Crippen LogP contribution < -0.4 is 29.6 Å². The topological polar surface area (TPSA) is 77.4 Å². The van der Waals surface area contributed by atoms with E-state index >= 15 is 0 Å². The smallest absolute Gasteiger partial charge is 0.748 e. The Kier molecular flexibility index (Phi) is 6.47.